The molecule has 0 saturated heterocycles. The van der Waals surface area contributed by atoms with Crippen LogP contribution >= 0.6 is 23.2 Å². The van der Waals surface area contributed by atoms with Gasteiger partial charge >= 0.3 is 0 Å². The molecule has 2 N–H and O–H groups in total. The molecule has 0 aliphatic carbocycles. The number of benzene rings is 2. The lowest BCUT2D eigenvalue weighted by atomic mass is 10.1. The van der Waals surface area contributed by atoms with Crippen LogP contribution in [0.5, 0.6) is 5.75 Å². The van der Waals surface area contributed by atoms with Gasteiger partial charge in [-0.05, 0) is 42.8 Å². The summed E-state index contributed by atoms with van der Waals surface area (Å²) in [4.78, 5) is 0. The van der Waals surface area contributed by atoms with E-state index in [0.717, 1.165) is 21.8 Å². The van der Waals surface area contributed by atoms with Gasteiger partial charge in [-0.3, -0.25) is 0 Å². The minimum Gasteiger partial charge on any atom is -0.508 e. The molecule has 0 unspecified atom stereocenters. The molecule has 0 saturated carbocycles. The van der Waals surface area contributed by atoms with E-state index in [0.29, 0.717) is 11.6 Å². The van der Waals surface area contributed by atoms with Crippen LogP contribution in [0, 0.1) is 6.92 Å². The summed E-state index contributed by atoms with van der Waals surface area (Å²) in [5.41, 5.74) is 2.68. The number of aromatic hydroxyl groups is 1. The highest BCUT2D eigenvalue weighted by molar-refractivity contribution is 6.31. The normalized spacial score (nSPS) is 10.4. The van der Waals surface area contributed by atoms with E-state index in [-0.39, 0.29) is 5.75 Å². The van der Waals surface area contributed by atoms with Crippen molar-refractivity contribution >= 4 is 28.9 Å². The second-order valence-electron chi connectivity index (χ2n) is 4.04. The van der Waals surface area contributed by atoms with Crippen molar-refractivity contribution in [3.8, 4) is 5.75 Å². The van der Waals surface area contributed by atoms with Gasteiger partial charge < -0.3 is 10.4 Å². The molecular formula is C14H13Cl2NO. The van der Waals surface area contributed by atoms with E-state index in [2.05, 4.69) is 5.32 Å². The Balaban J connectivity index is 2.16. The number of rotatable bonds is 3. The molecule has 18 heavy (non-hydrogen) atoms. The summed E-state index contributed by atoms with van der Waals surface area (Å²) in [5, 5.41) is 14.3. The molecule has 0 fully saturated rings. The maximum Gasteiger partial charge on any atom is 0.120 e. The molecule has 0 heterocycles. The van der Waals surface area contributed by atoms with Crippen LogP contribution in [-0.4, -0.2) is 5.11 Å². The standard InChI is InChI=1S/C14H13Cl2NO/c1-9-12(16)3-2-4-13(9)17-8-10-7-11(15)5-6-14(10)18/h2-7,17-18H,8H2,1H3. The largest absolute Gasteiger partial charge is 0.508 e. The monoisotopic (exact) mass is 281 g/mol. The Labute approximate surface area is 116 Å². The van der Waals surface area contributed by atoms with Gasteiger partial charge in [0.1, 0.15) is 5.75 Å². The molecular weight excluding hydrogens is 269 g/mol. The number of hydrogen-bond donors (Lipinski definition) is 2. The van der Waals surface area contributed by atoms with Crippen LogP contribution in [0.15, 0.2) is 36.4 Å². The summed E-state index contributed by atoms with van der Waals surface area (Å²) < 4.78 is 0. The van der Waals surface area contributed by atoms with Crippen molar-refractivity contribution in [1.29, 1.82) is 0 Å². The van der Waals surface area contributed by atoms with Gasteiger partial charge in [-0.25, -0.2) is 0 Å². The van der Waals surface area contributed by atoms with Crippen molar-refractivity contribution in [3.63, 3.8) is 0 Å². The highest BCUT2D eigenvalue weighted by Crippen LogP contribution is 2.26. The average molecular weight is 282 g/mol. The molecule has 0 aliphatic heterocycles. The van der Waals surface area contributed by atoms with Crippen LogP contribution in [0.1, 0.15) is 11.1 Å². The van der Waals surface area contributed by atoms with E-state index < -0.39 is 0 Å². The minimum absolute atomic E-state index is 0.228. The lowest BCUT2D eigenvalue weighted by Crippen LogP contribution is -2.01. The zero-order valence-corrected chi connectivity index (χ0v) is 11.4. The minimum atomic E-state index is 0.228. The smallest absolute Gasteiger partial charge is 0.120 e. The van der Waals surface area contributed by atoms with E-state index >= 15 is 0 Å². The Kier molecular flexibility index (Phi) is 4.00. The molecule has 0 spiro atoms. The highest BCUT2D eigenvalue weighted by Gasteiger charge is 2.05. The first kappa shape index (κ1) is 13.1. The Morgan fingerprint density at radius 1 is 1.17 bits per heavy atom. The predicted molar refractivity (Wildman–Crippen MR) is 76.6 cm³/mol. The third-order valence-corrected chi connectivity index (χ3v) is 3.42. The van der Waals surface area contributed by atoms with Gasteiger partial charge in [0.15, 0.2) is 0 Å². The summed E-state index contributed by atoms with van der Waals surface area (Å²) in [5.74, 6) is 0.228. The summed E-state index contributed by atoms with van der Waals surface area (Å²) >= 11 is 11.9. The lowest BCUT2D eigenvalue weighted by Gasteiger charge is -2.11. The molecule has 0 bridgehead atoms. The Bertz CT molecular complexity index is 568. The number of phenols is 1. The molecule has 0 radical (unpaired) electrons. The molecule has 2 aromatic rings. The zero-order valence-electron chi connectivity index (χ0n) is 9.87. The van der Waals surface area contributed by atoms with Gasteiger partial charge in [0.2, 0.25) is 0 Å². The average Bonchev–Trinajstić information content (AvgIpc) is 2.35. The molecule has 0 atom stereocenters. The van der Waals surface area contributed by atoms with Crippen molar-refractivity contribution in [2.45, 2.75) is 13.5 Å². The highest BCUT2D eigenvalue weighted by atomic mass is 35.5. The first-order chi connectivity index (χ1) is 8.58. The van der Waals surface area contributed by atoms with Gasteiger partial charge in [0.25, 0.3) is 0 Å². The van der Waals surface area contributed by atoms with Crippen LogP contribution in [0.2, 0.25) is 10.0 Å². The number of anilines is 1. The maximum absolute atomic E-state index is 9.71. The molecule has 0 aromatic heterocycles. The Morgan fingerprint density at radius 3 is 2.72 bits per heavy atom. The molecule has 2 rings (SSSR count). The first-order valence-electron chi connectivity index (χ1n) is 5.54. The van der Waals surface area contributed by atoms with Crippen LogP contribution in [-0.2, 0) is 6.54 Å². The summed E-state index contributed by atoms with van der Waals surface area (Å²) in [6, 6.07) is 10.7. The van der Waals surface area contributed by atoms with Crippen LogP contribution in [0.3, 0.4) is 0 Å². The number of halogens is 2. The predicted octanol–water partition coefficient (Wildman–Crippen LogP) is 4.62. The van der Waals surface area contributed by atoms with Crippen LogP contribution < -0.4 is 5.32 Å². The molecule has 0 amide bonds. The van der Waals surface area contributed by atoms with Gasteiger partial charge in [-0.15, -0.1) is 0 Å². The third-order valence-electron chi connectivity index (χ3n) is 2.78. The topological polar surface area (TPSA) is 32.3 Å². The van der Waals surface area contributed by atoms with Crippen molar-refractivity contribution < 1.29 is 5.11 Å². The second kappa shape index (κ2) is 5.51. The summed E-state index contributed by atoms with van der Waals surface area (Å²) in [6.07, 6.45) is 0. The molecule has 2 nitrogen and oxygen atoms in total. The summed E-state index contributed by atoms with van der Waals surface area (Å²) in [6.45, 7) is 2.44. The Morgan fingerprint density at radius 2 is 1.94 bits per heavy atom. The van der Waals surface area contributed by atoms with E-state index in [1.54, 1.807) is 18.2 Å². The molecule has 2 aromatic carbocycles. The van der Waals surface area contributed by atoms with Gasteiger partial charge in [-0.1, -0.05) is 29.3 Å². The van der Waals surface area contributed by atoms with Gasteiger partial charge in [0.05, 0.1) is 0 Å². The van der Waals surface area contributed by atoms with Crippen LogP contribution in [0.25, 0.3) is 0 Å². The fourth-order valence-electron chi connectivity index (χ4n) is 1.69. The van der Waals surface area contributed by atoms with E-state index in [1.165, 1.54) is 0 Å². The van der Waals surface area contributed by atoms with Crippen molar-refractivity contribution in [2.24, 2.45) is 0 Å². The molecule has 0 aliphatic rings. The number of nitrogens with one attached hydrogen (secondary N) is 1. The van der Waals surface area contributed by atoms with E-state index in [4.69, 9.17) is 23.2 Å². The van der Waals surface area contributed by atoms with Crippen LogP contribution in [0.4, 0.5) is 5.69 Å². The third kappa shape index (κ3) is 2.89. The SMILES string of the molecule is Cc1c(Cl)cccc1NCc1cc(Cl)ccc1O. The molecule has 94 valence electrons. The van der Waals surface area contributed by atoms with Gasteiger partial charge in [-0.2, -0.15) is 0 Å². The van der Waals surface area contributed by atoms with E-state index in [9.17, 15) is 5.11 Å². The molecule has 4 heteroatoms. The number of hydrogen-bond acceptors (Lipinski definition) is 2. The van der Waals surface area contributed by atoms with Crippen molar-refractivity contribution in [2.75, 3.05) is 5.32 Å². The fraction of sp³-hybridized carbons (Fsp3) is 0.143. The first-order valence-corrected chi connectivity index (χ1v) is 6.30. The van der Waals surface area contributed by atoms with Crippen molar-refractivity contribution in [3.05, 3.63) is 57.6 Å². The number of phenolic OH excluding ortho intramolecular Hbond substituents is 1. The maximum atomic E-state index is 9.71. The zero-order chi connectivity index (χ0) is 13.1. The Hall–Kier alpha value is -1.38. The quantitative estimate of drug-likeness (QED) is 0.861. The van der Waals surface area contributed by atoms with Crippen molar-refractivity contribution in [1.82, 2.24) is 0 Å². The van der Waals surface area contributed by atoms with Gasteiger partial charge in [0, 0.05) is 27.8 Å². The lowest BCUT2D eigenvalue weighted by molar-refractivity contribution is 0.469. The second-order valence-corrected chi connectivity index (χ2v) is 4.88. The fourth-order valence-corrected chi connectivity index (χ4v) is 2.05. The summed E-state index contributed by atoms with van der Waals surface area (Å²) in [7, 11) is 0. The van der Waals surface area contributed by atoms with E-state index in [1.807, 2.05) is 25.1 Å².